The molecule has 3 aromatic rings. The summed E-state index contributed by atoms with van der Waals surface area (Å²) in [7, 11) is 7.82. The van der Waals surface area contributed by atoms with Crippen LogP contribution in [-0.4, -0.2) is 55.1 Å². The van der Waals surface area contributed by atoms with Gasteiger partial charge >= 0.3 is 0 Å². The van der Waals surface area contributed by atoms with Gasteiger partial charge in [-0.05, 0) is 48.5 Å². The molecule has 0 spiro atoms. The lowest BCUT2D eigenvalue weighted by Gasteiger charge is -2.17. The van der Waals surface area contributed by atoms with Crippen LogP contribution in [-0.2, 0) is 13.1 Å². The summed E-state index contributed by atoms with van der Waals surface area (Å²) in [5.41, 5.74) is 4.93. The van der Waals surface area contributed by atoms with E-state index in [4.69, 9.17) is 0 Å². The highest BCUT2D eigenvalue weighted by Gasteiger charge is 2.29. The molecular formula is C23H26N6O2. The molecule has 160 valence electrons. The van der Waals surface area contributed by atoms with E-state index in [1.807, 2.05) is 74.4 Å². The molecule has 0 atom stereocenters. The number of carbonyl (C=O) groups is 2. The third-order valence-electron chi connectivity index (χ3n) is 5.45. The Morgan fingerprint density at radius 2 is 1.42 bits per heavy atom. The SMILES string of the molecule is CN(C)c1ccc(C(=O)Nc2n[nH]c3c2CN(C(=O)c2ccc(N(C)C)cc2)C3)cc1. The molecular weight excluding hydrogens is 392 g/mol. The molecule has 8 heteroatoms. The Morgan fingerprint density at radius 3 is 1.97 bits per heavy atom. The van der Waals surface area contributed by atoms with Gasteiger partial charge in [0.1, 0.15) is 0 Å². The van der Waals surface area contributed by atoms with Gasteiger partial charge in [0.2, 0.25) is 0 Å². The molecule has 0 unspecified atom stereocenters. The molecule has 0 aliphatic carbocycles. The van der Waals surface area contributed by atoms with Crippen molar-refractivity contribution in [1.29, 1.82) is 0 Å². The highest BCUT2D eigenvalue weighted by molar-refractivity contribution is 6.04. The molecule has 0 bridgehead atoms. The normalized spacial score (nSPS) is 12.5. The first-order chi connectivity index (χ1) is 14.8. The summed E-state index contributed by atoms with van der Waals surface area (Å²) in [6.07, 6.45) is 0. The standard InChI is InChI=1S/C23H26N6O2/c1-27(2)17-9-5-15(6-10-17)22(30)24-21-19-13-29(14-20(19)25-26-21)23(31)16-7-11-18(12-8-16)28(3)4/h5-12H,13-14H2,1-4H3,(H2,24,25,26,30). The summed E-state index contributed by atoms with van der Waals surface area (Å²) in [4.78, 5) is 31.3. The Kier molecular flexibility index (Phi) is 5.37. The largest absolute Gasteiger partial charge is 0.378 e. The van der Waals surface area contributed by atoms with Crippen LogP contribution in [0, 0.1) is 0 Å². The van der Waals surface area contributed by atoms with Gasteiger partial charge in [-0.3, -0.25) is 14.7 Å². The van der Waals surface area contributed by atoms with Crippen molar-refractivity contribution < 1.29 is 9.59 Å². The minimum atomic E-state index is -0.233. The number of amides is 2. The van der Waals surface area contributed by atoms with Crippen molar-refractivity contribution in [1.82, 2.24) is 15.1 Å². The Morgan fingerprint density at radius 1 is 0.871 bits per heavy atom. The van der Waals surface area contributed by atoms with Crippen LogP contribution in [0.3, 0.4) is 0 Å². The zero-order valence-electron chi connectivity index (χ0n) is 18.1. The number of carbonyl (C=O) groups excluding carboxylic acids is 2. The molecule has 0 radical (unpaired) electrons. The average molecular weight is 419 g/mol. The maximum atomic E-state index is 12.9. The Labute approximate surface area is 181 Å². The van der Waals surface area contributed by atoms with Gasteiger partial charge in [0.25, 0.3) is 11.8 Å². The lowest BCUT2D eigenvalue weighted by atomic mass is 10.1. The number of fused-ring (bicyclic) bond motifs is 1. The van der Waals surface area contributed by atoms with E-state index in [9.17, 15) is 9.59 Å². The molecule has 8 nitrogen and oxygen atoms in total. The Hall–Kier alpha value is -3.81. The van der Waals surface area contributed by atoms with E-state index >= 15 is 0 Å². The molecule has 1 aromatic heterocycles. The number of rotatable bonds is 5. The van der Waals surface area contributed by atoms with E-state index in [1.165, 1.54) is 0 Å². The van der Waals surface area contributed by atoms with Gasteiger partial charge in [-0.15, -0.1) is 0 Å². The topological polar surface area (TPSA) is 84.6 Å². The minimum absolute atomic E-state index is 0.0496. The highest BCUT2D eigenvalue weighted by Crippen LogP contribution is 2.29. The molecule has 0 saturated carbocycles. The highest BCUT2D eigenvalue weighted by atomic mass is 16.2. The van der Waals surface area contributed by atoms with E-state index in [1.54, 1.807) is 17.0 Å². The van der Waals surface area contributed by atoms with Crippen molar-refractivity contribution in [3.63, 3.8) is 0 Å². The first-order valence-corrected chi connectivity index (χ1v) is 10.0. The van der Waals surface area contributed by atoms with Gasteiger partial charge in [0.05, 0.1) is 18.8 Å². The lowest BCUT2D eigenvalue weighted by Crippen LogP contribution is -2.26. The fourth-order valence-corrected chi connectivity index (χ4v) is 3.56. The molecule has 0 fully saturated rings. The average Bonchev–Trinajstić information content (AvgIpc) is 3.35. The second kappa shape index (κ2) is 8.14. The van der Waals surface area contributed by atoms with Crippen LogP contribution < -0.4 is 15.1 Å². The van der Waals surface area contributed by atoms with Crippen LogP contribution in [0.1, 0.15) is 32.0 Å². The first-order valence-electron chi connectivity index (χ1n) is 10.0. The van der Waals surface area contributed by atoms with Crippen molar-refractivity contribution >= 4 is 29.0 Å². The monoisotopic (exact) mass is 418 g/mol. The van der Waals surface area contributed by atoms with Gasteiger partial charge in [0, 0.05) is 56.3 Å². The third kappa shape index (κ3) is 4.09. The second-order valence-electron chi connectivity index (χ2n) is 8.03. The fraction of sp³-hybridized carbons (Fsp3) is 0.261. The summed E-state index contributed by atoms with van der Waals surface area (Å²) < 4.78 is 0. The Bertz CT molecular complexity index is 1100. The van der Waals surface area contributed by atoms with Gasteiger partial charge < -0.3 is 20.0 Å². The number of nitrogens with zero attached hydrogens (tertiary/aromatic N) is 4. The van der Waals surface area contributed by atoms with E-state index in [2.05, 4.69) is 15.5 Å². The maximum Gasteiger partial charge on any atom is 0.256 e. The number of hydrogen-bond donors (Lipinski definition) is 2. The van der Waals surface area contributed by atoms with E-state index < -0.39 is 0 Å². The Balaban J connectivity index is 1.44. The predicted octanol–water partition coefficient (Wildman–Crippen LogP) is 2.95. The smallest absolute Gasteiger partial charge is 0.256 e. The summed E-state index contributed by atoms with van der Waals surface area (Å²) in [6.45, 7) is 0.833. The van der Waals surface area contributed by atoms with E-state index in [0.717, 1.165) is 22.6 Å². The van der Waals surface area contributed by atoms with Crippen molar-refractivity contribution in [3.8, 4) is 0 Å². The molecule has 4 rings (SSSR count). The number of nitrogens with one attached hydrogen (secondary N) is 2. The van der Waals surface area contributed by atoms with Crippen molar-refractivity contribution in [2.45, 2.75) is 13.1 Å². The summed E-state index contributed by atoms with van der Waals surface area (Å²) in [6, 6.07) is 14.9. The van der Waals surface area contributed by atoms with E-state index in [0.29, 0.717) is 30.0 Å². The van der Waals surface area contributed by atoms with Crippen LogP contribution in [0.2, 0.25) is 0 Å². The predicted molar refractivity (Wildman–Crippen MR) is 122 cm³/mol. The van der Waals surface area contributed by atoms with Crippen molar-refractivity contribution in [3.05, 3.63) is 70.9 Å². The van der Waals surface area contributed by atoms with Crippen LogP contribution in [0.4, 0.5) is 17.2 Å². The number of hydrogen-bond acceptors (Lipinski definition) is 5. The number of H-pyrrole nitrogens is 1. The van der Waals surface area contributed by atoms with Gasteiger partial charge in [-0.25, -0.2) is 0 Å². The van der Waals surface area contributed by atoms with Gasteiger partial charge in [0.15, 0.2) is 5.82 Å². The van der Waals surface area contributed by atoms with Crippen molar-refractivity contribution in [2.75, 3.05) is 43.3 Å². The third-order valence-corrected chi connectivity index (χ3v) is 5.45. The minimum Gasteiger partial charge on any atom is -0.378 e. The van der Waals surface area contributed by atoms with Crippen LogP contribution in [0.15, 0.2) is 48.5 Å². The van der Waals surface area contributed by atoms with Crippen molar-refractivity contribution in [2.24, 2.45) is 0 Å². The quantitative estimate of drug-likeness (QED) is 0.666. The van der Waals surface area contributed by atoms with Crippen LogP contribution >= 0.6 is 0 Å². The summed E-state index contributed by atoms with van der Waals surface area (Å²) in [5.74, 6) is 0.185. The number of aromatic amines is 1. The fourth-order valence-electron chi connectivity index (χ4n) is 3.56. The summed E-state index contributed by atoms with van der Waals surface area (Å²) >= 11 is 0. The molecule has 1 aliphatic heterocycles. The maximum absolute atomic E-state index is 12.9. The molecule has 2 amide bonds. The zero-order chi connectivity index (χ0) is 22.1. The zero-order valence-corrected chi connectivity index (χ0v) is 18.1. The molecule has 0 saturated heterocycles. The first kappa shape index (κ1) is 20.5. The lowest BCUT2D eigenvalue weighted by molar-refractivity contribution is 0.0750. The molecule has 31 heavy (non-hydrogen) atoms. The van der Waals surface area contributed by atoms with Gasteiger partial charge in [-0.1, -0.05) is 0 Å². The molecule has 1 aliphatic rings. The molecule has 2 aromatic carbocycles. The number of benzene rings is 2. The molecule has 2 N–H and O–H groups in total. The van der Waals surface area contributed by atoms with E-state index in [-0.39, 0.29) is 11.8 Å². The number of anilines is 3. The second-order valence-corrected chi connectivity index (χ2v) is 8.03. The van der Waals surface area contributed by atoms with Crippen LogP contribution in [0.5, 0.6) is 0 Å². The molecule has 2 heterocycles. The van der Waals surface area contributed by atoms with Gasteiger partial charge in [-0.2, -0.15) is 5.10 Å². The summed E-state index contributed by atoms with van der Waals surface area (Å²) in [5, 5.41) is 10.1. The van der Waals surface area contributed by atoms with Crippen LogP contribution in [0.25, 0.3) is 0 Å². The number of aromatic nitrogens is 2.